The van der Waals surface area contributed by atoms with E-state index in [1.165, 1.54) is 0 Å². The maximum Gasteiger partial charge on any atom is 0.266 e. The van der Waals surface area contributed by atoms with Gasteiger partial charge in [-0.3, -0.25) is 9.88 Å². The Balaban J connectivity index is 1.38. The standard InChI is InChI=1S/C19H19N5O2/c20-14-16-19(26-18(22-16)17-5-3-13-25-17)24-11-9-23(10-12-24)8-6-15-4-1-2-7-21-15/h1-5,7,13H,6,8-12H2. The molecule has 0 aliphatic carbocycles. The SMILES string of the molecule is N#Cc1nc(-c2ccco2)oc1N1CCN(CCc2ccccn2)CC1. The Morgan fingerprint density at radius 3 is 2.69 bits per heavy atom. The summed E-state index contributed by atoms with van der Waals surface area (Å²) in [6.45, 7) is 4.39. The summed E-state index contributed by atoms with van der Waals surface area (Å²) < 4.78 is 11.1. The van der Waals surface area contributed by atoms with Crippen molar-refractivity contribution in [3.05, 3.63) is 54.2 Å². The zero-order valence-electron chi connectivity index (χ0n) is 14.3. The molecule has 7 heteroatoms. The van der Waals surface area contributed by atoms with Crippen molar-refractivity contribution in [2.45, 2.75) is 6.42 Å². The minimum atomic E-state index is 0.304. The first kappa shape index (κ1) is 16.4. The second kappa shape index (κ2) is 7.42. The topological polar surface area (TPSA) is 82.3 Å². The Labute approximate surface area is 151 Å². The van der Waals surface area contributed by atoms with E-state index in [0.29, 0.717) is 23.2 Å². The molecule has 0 bridgehead atoms. The predicted molar refractivity (Wildman–Crippen MR) is 95.5 cm³/mol. The van der Waals surface area contributed by atoms with E-state index in [1.54, 1.807) is 18.4 Å². The van der Waals surface area contributed by atoms with E-state index in [-0.39, 0.29) is 0 Å². The minimum absolute atomic E-state index is 0.304. The highest BCUT2D eigenvalue weighted by Gasteiger charge is 2.25. The number of pyridine rings is 1. The van der Waals surface area contributed by atoms with Crippen LogP contribution in [-0.4, -0.2) is 47.6 Å². The number of nitriles is 1. The molecule has 1 aliphatic rings. The molecule has 1 aliphatic heterocycles. The van der Waals surface area contributed by atoms with Crippen LogP contribution in [0.25, 0.3) is 11.7 Å². The summed E-state index contributed by atoms with van der Waals surface area (Å²) in [5, 5.41) is 9.38. The molecule has 0 saturated carbocycles. The van der Waals surface area contributed by atoms with Crippen LogP contribution in [0.4, 0.5) is 5.88 Å². The molecular weight excluding hydrogens is 330 g/mol. The molecule has 132 valence electrons. The molecule has 0 unspecified atom stereocenters. The number of furan rings is 1. The van der Waals surface area contributed by atoms with Gasteiger partial charge in [0.1, 0.15) is 6.07 Å². The highest BCUT2D eigenvalue weighted by atomic mass is 16.4. The van der Waals surface area contributed by atoms with Gasteiger partial charge in [-0.15, -0.1) is 0 Å². The zero-order valence-corrected chi connectivity index (χ0v) is 14.3. The molecule has 0 spiro atoms. The van der Waals surface area contributed by atoms with Gasteiger partial charge in [-0.2, -0.15) is 10.2 Å². The van der Waals surface area contributed by atoms with Crippen LogP contribution in [0.15, 0.2) is 51.6 Å². The average Bonchev–Trinajstić information content (AvgIpc) is 3.37. The predicted octanol–water partition coefficient (Wildman–Crippen LogP) is 2.57. The number of piperazine rings is 1. The molecule has 0 aromatic carbocycles. The monoisotopic (exact) mass is 349 g/mol. The van der Waals surface area contributed by atoms with Crippen molar-refractivity contribution in [1.29, 1.82) is 5.26 Å². The van der Waals surface area contributed by atoms with E-state index in [4.69, 9.17) is 8.83 Å². The van der Waals surface area contributed by atoms with E-state index in [2.05, 4.69) is 31.9 Å². The Morgan fingerprint density at radius 2 is 2.00 bits per heavy atom. The number of anilines is 1. The van der Waals surface area contributed by atoms with Gasteiger partial charge in [0.05, 0.1) is 6.26 Å². The van der Waals surface area contributed by atoms with Gasteiger partial charge in [0.25, 0.3) is 5.89 Å². The van der Waals surface area contributed by atoms with E-state index >= 15 is 0 Å². The van der Waals surface area contributed by atoms with Gasteiger partial charge in [0, 0.05) is 51.0 Å². The van der Waals surface area contributed by atoms with E-state index in [1.807, 2.05) is 18.3 Å². The number of oxazole rings is 1. The maximum absolute atomic E-state index is 9.38. The molecule has 7 nitrogen and oxygen atoms in total. The molecule has 0 N–H and O–H groups in total. The summed E-state index contributed by atoms with van der Waals surface area (Å²) in [4.78, 5) is 13.1. The van der Waals surface area contributed by atoms with Crippen molar-refractivity contribution < 1.29 is 8.83 Å². The molecule has 1 fully saturated rings. The lowest BCUT2D eigenvalue weighted by Crippen LogP contribution is -2.47. The fourth-order valence-electron chi connectivity index (χ4n) is 3.10. The molecule has 0 atom stereocenters. The minimum Gasteiger partial charge on any atom is -0.459 e. The van der Waals surface area contributed by atoms with Crippen molar-refractivity contribution in [2.24, 2.45) is 0 Å². The zero-order chi connectivity index (χ0) is 17.8. The molecule has 1 saturated heterocycles. The molecule has 0 amide bonds. The van der Waals surface area contributed by atoms with Gasteiger partial charge >= 0.3 is 0 Å². The van der Waals surface area contributed by atoms with Crippen molar-refractivity contribution in [2.75, 3.05) is 37.6 Å². The molecule has 3 aromatic heterocycles. The van der Waals surface area contributed by atoms with Crippen molar-refractivity contribution >= 4 is 5.88 Å². The van der Waals surface area contributed by atoms with Gasteiger partial charge in [-0.25, -0.2) is 0 Å². The third-order valence-corrected chi connectivity index (χ3v) is 4.52. The summed E-state index contributed by atoms with van der Waals surface area (Å²) in [6, 6.07) is 11.7. The van der Waals surface area contributed by atoms with E-state index < -0.39 is 0 Å². The van der Waals surface area contributed by atoms with Gasteiger partial charge in [0.2, 0.25) is 11.6 Å². The summed E-state index contributed by atoms with van der Waals surface area (Å²) in [5.74, 6) is 1.41. The molecule has 4 rings (SSSR count). The third-order valence-electron chi connectivity index (χ3n) is 4.52. The van der Waals surface area contributed by atoms with Crippen LogP contribution >= 0.6 is 0 Å². The Bertz CT molecular complexity index is 875. The highest BCUT2D eigenvalue weighted by molar-refractivity contribution is 5.55. The summed E-state index contributed by atoms with van der Waals surface area (Å²) in [6.07, 6.45) is 4.33. The lowest BCUT2D eigenvalue weighted by molar-refractivity contribution is 0.256. The normalized spacial score (nSPS) is 15.1. The second-order valence-corrected chi connectivity index (χ2v) is 6.16. The number of aromatic nitrogens is 2. The average molecular weight is 349 g/mol. The Morgan fingerprint density at radius 1 is 1.12 bits per heavy atom. The molecule has 3 aromatic rings. The molecule has 4 heterocycles. The first-order valence-electron chi connectivity index (χ1n) is 8.65. The first-order valence-corrected chi connectivity index (χ1v) is 8.65. The number of rotatable bonds is 5. The largest absolute Gasteiger partial charge is 0.459 e. The number of hydrogen-bond acceptors (Lipinski definition) is 7. The summed E-state index contributed by atoms with van der Waals surface area (Å²) >= 11 is 0. The van der Waals surface area contributed by atoms with Crippen molar-refractivity contribution in [3.63, 3.8) is 0 Å². The quantitative estimate of drug-likeness (QED) is 0.700. The van der Waals surface area contributed by atoms with E-state index in [0.717, 1.165) is 44.8 Å². The molecular formula is C19H19N5O2. The fraction of sp³-hybridized carbons (Fsp3) is 0.316. The second-order valence-electron chi connectivity index (χ2n) is 6.16. The smallest absolute Gasteiger partial charge is 0.266 e. The van der Waals surface area contributed by atoms with Crippen LogP contribution in [0, 0.1) is 11.3 Å². The summed E-state index contributed by atoms with van der Waals surface area (Å²) in [7, 11) is 0. The highest BCUT2D eigenvalue weighted by Crippen LogP contribution is 2.29. The number of nitrogens with zero attached hydrogens (tertiary/aromatic N) is 5. The van der Waals surface area contributed by atoms with Crippen LogP contribution in [-0.2, 0) is 6.42 Å². The van der Waals surface area contributed by atoms with Crippen LogP contribution < -0.4 is 4.90 Å². The lowest BCUT2D eigenvalue weighted by atomic mass is 10.2. The molecule has 26 heavy (non-hydrogen) atoms. The van der Waals surface area contributed by atoms with Gasteiger partial charge in [-0.05, 0) is 24.3 Å². The lowest BCUT2D eigenvalue weighted by Gasteiger charge is -2.34. The van der Waals surface area contributed by atoms with Crippen molar-refractivity contribution in [3.8, 4) is 17.7 Å². The van der Waals surface area contributed by atoms with Crippen LogP contribution in [0.5, 0.6) is 0 Å². The van der Waals surface area contributed by atoms with Gasteiger partial charge < -0.3 is 13.7 Å². The van der Waals surface area contributed by atoms with Crippen molar-refractivity contribution in [1.82, 2.24) is 14.9 Å². The maximum atomic E-state index is 9.38. The van der Waals surface area contributed by atoms with Crippen LogP contribution in [0.3, 0.4) is 0 Å². The molecule has 0 radical (unpaired) electrons. The first-order chi connectivity index (χ1) is 12.8. The van der Waals surface area contributed by atoms with Crippen LogP contribution in [0.2, 0.25) is 0 Å². The van der Waals surface area contributed by atoms with Crippen LogP contribution in [0.1, 0.15) is 11.4 Å². The van der Waals surface area contributed by atoms with E-state index in [9.17, 15) is 5.26 Å². The van der Waals surface area contributed by atoms with Gasteiger partial charge in [0.15, 0.2) is 5.76 Å². The summed E-state index contributed by atoms with van der Waals surface area (Å²) in [5.41, 5.74) is 1.42. The Hall–Kier alpha value is -3.11. The number of hydrogen-bond donors (Lipinski definition) is 0. The van der Waals surface area contributed by atoms with Gasteiger partial charge in [-0.1, -0.05) is 6.07 Å². The third kappa shape index (κ3) is 3.46. The fourth-order valence-corrected chi connectivity index (χ4v) is 3.10. The Kier molecular flexibility index (Phi) is 4.67.